The molecule has 0 aromatic heterocycles. The SMILES string of the molecule is OCCSCCCC(CO)CCSCCO. The van der Waals surface area contributed by atoms with Gasteiger partial charge in [0.25, 0.3) is 0 Å². The molecule has 1 atom stereocenters. The first-order valence-electron chi connectivity index (χ1n) is 5.83. The predicted molar refractivity (Wildman–Crippen MR) is 73.2 cm³/mol. The van der Waals surface area contributed by atoms with E-state index >= 15 is 0 Å². The Kier molecular flexibility index (Phi) is 14.1. The van der Waals surface area contributed by atoms with Crippen molar-refractivity contribution in [3.8, 4) is 0 Å². The Hall–Kier alpha value is 0.580. The molecule has 0 aliphatic rings. The highest BCUT2D eigenvalue weighted by molar-refractivity contribution is 7.99. The van der Waals surface area contributed by atoms with Gasteiger partial charge in [-0.15, -0.1) is 0 Å². The van der Waals surface area contributed by atoms with Gasteiger partial charge >= 0.3 is 0 Å². The van der Waals surface area contributed by atoms with Crippen molar-refractivity contribution >= 4 is 23.5 Å². The molecule has 0 radical (unpaired) electrons. The second-order valence-corrected chi connectivity index (χ2v) is 6.10. The highest BCUT2D eigenvalue weighted by Crippen LogP contribution is 2.16. The predicted octanol–water partition coefficient (Wildman–Crippen LogP) is 1.22. The van der Waals surface area contributed by atoms with Crippen LogP contribution in [0.15, 0.2) is 0 Å². The van der Waals surface area contributed by atoms with E-state index in [2.05, 4.69) is 0 Å². The molecule has 0 aliphatic heterocycles. The van der Waals surface area contributed by atoms with Crippen LogP contribution in [-0.4, -0.2) is 58.2 Å². The van der Waals surface area contributed by atoms with E-state index in [9.17, 15) is 5.11 Å². The summed E-state index contributed by atoms with van der Waals surface area (Å²) in [6.07, 6.45) is 3.21. The summed E-state index contributed by atoms with van der Waals surface area (Å²) in [5, 5.41) is 26.4. The van der Waals surface area contributed by atoms with E-state index < -0.39 is 0 Å². The van der Waals surface area contributed by atoms with Crippen LogP contribution in [0, 0.1) is 5.92 Å². The minimum atomic E-state index is 0.242. The monoisotopic (exact) mass is 268 g/mol. The van der Waals surface area contributed by atoms with E-state index in [4.69, 9.17) is 10.2 Å². The minimum absolute atomic E-state index is 0.242. The number of hydrogen-bond donors (Lipinski definition) is 3. The third-order valence-corrected chi connectivity index (χ3v) is 4.35. The van der Waals surface area contributed by atoms with Crippen molar-refractivity contribution in [1.82, 2.24) is 0 Å². The first-order chi connectivity index (χ1) is 7.85. The van der Waals surface area contributed by atoms with E-state index in [-0.39, 0.29) is 19.8 Å². The van der Waals surface area contributed by atoms with E-state index in [0.717, 1.165) is 42.3 Å². The zero-order valence-corrected chi connectivity index (χ0v) is 11.4. The third kappa shape index (κ3) is 11.1. The van der Waals surface area contributed by atoms with Crippen LogP contribution in [0.25, 0.3) is 0 Å². The summed E-state index contributed by atoms with van der Waals surface area (Å²) in [5.74, 6) is 4.11. The van der Waals surface area contributed by atoms with Crippen molar-refractivity contribution in [2.45, 2.75) is 19.3 Å². The quantitative estimate of drug-likeness (QED) is 0.465. The normalized spacial score (nSPS) is 12.9. The molecule has 0 saturated carbocycles. The topological polar surface area (TPSA) is 60.7 Å². The molecule has 3 nitrogen and oxygen atoms in total. The van der Waals surface area contributed by atoms with Gasteiger partial charge < -0.3 is 15.3 Å². The van der Waals surface area contributed by atoms with Gasteiger partial charge in [-0.05, 0) is 36.7 Å². The van der Waals surface area contributed by atoms with Gasteiger partial charge in [0.2, 0.25) is 0 Å². The summed E-state index contributed by atoms with van der Waals surface area (Å²) in [7, 11) is 0. The van der Waals surface area contributed by atoms with Crippen molar-refractivity contribution < 1.29 is 15.3 Å². The second-order valence-electron chi connectivity index (χ2n) is 3.65. The maximum absolute atomic E-state index is 9.18. The smallest absolute Gasteiger partial charge is 0.0521 e. The maximum atomic E-state index is 9.18. The lowest BCUT2D eigenvalue weighted by Crippen LogP contribution is -2.08. The number of hydrogen-bond acceptors (Lipinski definition) is 5. The van der Waals surface area contributed by atoms with E-state index in [1.165, 1.54) is 0 Å². The molecular formula is C11H24O3S2. The van der Waals surface area contributed by atoms with Gasteiger partial charge in [-0.3, -0.25) is 0 Å². The van der Waals surface area contributed by atoms with Crippen LogP contribution >= 0.6 is 23.5 Å². The average molecular weight is 268 g/mol. The van der Waals surface area contributed by atoms with E-state index in [1.807, 2.05) is 0 Å². The van der Waals surface area contributed by atoms with Crippen LogP contribution in [0.4, 0.5) is 0 Å². The molecule has 0 heterocycles. The average Bonchev–Trinajstić information content (AvgIpc) is 2.31. The molecule has 0 aromatic rings. The number of rotatable bonds is 12. The van der Waals surface area contributed by atoms with Crippen molar-refractivity contribution in [3.63, 3.8) is 0 Å². The van der Waals surface area contributed by atoms with Crippen LogP contribution in [-0.2, 0) is 0 Å². The van der Waals surface area contributed by atoms with Crippen LogP contribution in [0.5, 0.6) is 0 Å². The van der Waals surface area contributed by atoms with Gasteiger partial charge in [-0.25, -0.2) is 0 Å². The summed E-state index contributed by atoms with van der Waals surface area (Å²) >= 11 is 3.51. The summed E-state index contributed by atoms with van der Waals surface area (Å²) in [5.41, 5.74) is 0. The molecule has 0 amide bonds. The first-order valence-corrected chi connectivity index (χ1v) is 8.14. The fraction of sp³-hybridized carbons (Fsp3) is 1.00. The Bertz CT molecular complexity index is 136. The third-order valence-electron chi connectivity index (χ3n) is 2.30. The number of aliphatic hydroxyl groups excluding tert-OH is 3. The Balaban J connectivity index is 3.29. The lowest BCUT2D eigenvalue weighted by Gasteiger charge is -2.13. The molecule has 0 fully saturated rings. The van der Waals surface area contributed by atoms with Gasteiger partial charge in [0.05, 0.1) is 13.2 Å². The Labute approximate surface area is 107 Å². The lowest BCUT2D eigenvalue weighted by molar-refractivity contribution is 0.215. The Morgan fingerprint density at radius 1 is 0.750 bits per heavy atom. The zero-order valence-electron chi connectivity index (χ0n) is 9.81. The van der Waals surface area contributed by atoms with Crippen molar-refractivity contribution in [2.24, 2.45) is 5.92 Å². The van der Waals surface area contributed by atoms with E-state index in [1.54, 1.807) is 23.5 Å². The largest absolute Gasteiger partial charge is 0.396 e. The molecule has 16 heavy (non-hydrogen) atoms. The maximum Gasteiger partial charge on any atom is 0.0521 e. The van der Waals surface area contributed by atoms with Crippen LogP contribution in [0.1, 0.15) is 19.3 Å². The molecule has 0 spiro atoms. The highest BCUT2D eigenvalue weighted by Gasteiger charge is 2.06. The number of aliphatic hydroxyl groups is 3. The zero-order chi connectivity index (χ0) is 12.1. The van der Waals surface area contributed by atoms with Crippen LogP contribution in [0.3, 0.4) is 0 Å². The lowest BCUT2D eigenvalue weighted by atomic mass is 10.0. The van der Waals surface area contributed by atoms with Gasteiger partial charge in [0.1, 0.15) is 0 Å². The molecule has 3 N–H and O–H groups in total. The molecule has 0 aliphatic carbocycles. The van der Waals surface area contributed by atoms with Crippen molar-refractivity contribution in [3.05, 3.63) is 0 Å². The molecule has 0 rings (SSSR count). The standard InChI is InChI=1S/C11H24O3S2/c12-4-8-15-6-1-2-11(10-14)3-7-16-9-5-13/h11-14H,1-10H2. The molecule has 0 aromatic carbocycles. The van der Waals surface area contributed by atoms with Gasteiger partial charge in [-0.1, -0.05) is 0 Å². The molecule has 1 unspecified atom stereocenters. The highest BCUT2D eigenvalue weighted by atomic mass is 32.2. The summed E-state index contributed by atoms with van der Waals surface area (Å²) in [6.45, 7) is 0.766. The summed E-state index contributed by atoms with van der Waals surface area (Å²) in [6, 6.07) is 0. The first kappa shape index (κ1) is 16.6. The fourth-order valence-electron chi connectivity index (χ4n) is 1.38. The van der Waals surface area contributed by atoms with Crippen molar-refractivity contribution in [2.75, 3.05) is 42.8 Å². The Morgan fingerprint density at radius 3 is 1.94 bits per heavy atom. The molecule has 0 bridgehead atoms. The van der Waals surface area contributed by atoms with Crippen molar-refractivity contribution in [1.29, 1.82) is 0 Å². The molecule has 0 saturated heterocycles. The van der Waals surface area contributed by atoms with E-state index in [0.29, 0.717) is 5.92 Å². The van der Waals surface area contributed by atoms with Crippen LogP contribution < -0.4 is 0 Å². The minimum Gasteiger partial charge on any atom is -0.396 e. The Morgan fingerprint density at radius 2 is 1.38 bits per heavy atom. The van der Waals surface area contributed by atoms with Gasteiger partial charge in [-0.2, -0.15) is 23.5 Å². The van der Waals surface area contributed by atoms with Gasteiger partial charge in [0.15, 0.2) is 0 Å². The summed E-state index contributed by atoms with van der Waals surface area (Å²) < 4.78 is 0. The fourth-order valence-corrected chi connectivity index (χ4v) is 2.92. The molecule has 5 heteroatoms. The molecular weight excluding hydrogens is 244 g/mol. The van der Waals surface area contributed by atoms with Gasteiger partial charge in [0, 0.05) is 18.1 Å². The summed E-state index contributed by atoms with van der Waals surface area (Å²) in [4.78, 5) is 0. The number of thioether (sulfide) groups is 2. The molecule has 98 valence electrons. The second kappa shape index (κ2) is 13.6. The van der Waals surface area contributed by atoms with Crippen LogP contribution in [0.2, 0.25) is 0 Å².